The lowest BCUT2D eigenvalue weighted by Crippen LogP contribution is -2.46. The predicted molar refractivity (Wildman–Crippen MR) is 64.9 cm³/mol. The third-order valence-electron chi connectivity index (χ3n) is 2.68. The van der Waals surface area contributed by atoms with Gasteiger partial charge in [-0.25, -0.2) is 0 Å². The lowest BCUT2D eigenvalue weighted by atomic mass is 9.95. The lowest BCUT2D eigenvalue weighted by Gasteiger charge is -2.22. The Morgan fingerprint density at radius 1 is 1.31 bits per heavy atom. The zero-order valence-corrected chi connectivity index (χ0v) is 9.35. The average molecular weight is 216 g/mol. The second kappa shape index (κ2) is 4.15. The van der Waals surface area contributed by atoms with Crippen molar-refractivity contribution in [1.29, 1.82) is 0 Å². The lowest BCUT2D eigenvalue weighted by molar-refractivity contribution is 0.472. The molecule has 4 heteroatoms. The molecule has 0 aliphatic rings. The van der Waals surface area contributed by atoms with Crippen LogP contribution in [-0.4, -0.2) is 22.3 Å². The second-order valence-corrected chi connectivity index (χ2v) is 4.41. The van der Waals surface area contributed by atoms with Crippen LogP contribution in [0.3, 0.4) is 0 Å². The molecule has 1 aromatic heterocycles. The van der Waals surface area contributed by atoms with Crippen LogP contribution in [0.25, 0.3) is 10.8 Å². The van der Waals surface area contributed by atoms with E-state index in [1.54, 1.807) is 6.20 Å². The minimum absolute atomic E-state index is 0.428. The van der Waals surface area contributed by atoms with Gasteiger partial charge in [0.25, 0.3) is 0 Å². The van der Waals surface area contributed by atoms with E-state index in [4.69, 9.17) is 11.5 Å². The molecule has 0 spiro atoms. The highest BCUT2D eigenvalue weighted by Gasteiger charge is 2.19. The normalized spacial score (nSPS) is 14.9. The molecule has 0 saturated heterocycles. The molecule has 4 N–H and O–H groups in total. The maximum atomic E-state index is 6.05. The zero-order chi connectivity index (χ0) is 11.6. The Morgan fingerprint density at radius 2 is 2.06 bits per heavy atom. The Kier molecular flexibility index (Phi) is 2.85. The van der Waals surface area contributed by atoms with Crippen LogP contribution in [0, 0.1) is 0 Å². The highest BCUT2D eigenvalue weighted by Crippen LogP contribution is 2.18. The summed E-state index contributed by atoms with van der Waals surface area (Å²) in [5.74, 6) is 0. The Bertz CT molecular complexity index is 488. The molecule has 1 unspecified atom stereocenters. The van der Waals surface area contributed by atoms with Gasteiger partial charge in [-0.1, -0.05) is 24.3 Å². The van der Waals surface area contributed by atoms with Gasteiger partial charge in [0.05, 0.1) is 11.9 Å². The first-order valence-corrected chi connectivity index (χ1v) is 5.31. The average Bonchev–Trinajstić information content (AvgIpc) is 2.29. The Balaban J connectivity index is 2.45. The largest absolute Gasteiger partial charge is 0.329 e. The van der Waals surface area contributed by atoms with Gasteiger partial charge in [-0.05, 0) is 6.92 Å². The molecule has 0 aliphatic carbocycles. The van der Waals surface area contributed by atoms with Gasteiger partial charge in [-0.2, -0.15) is 10.2 Å². The predicted octanol–water partition coefficient (Wildman–Crippen LogP) is 0.848. The van der Waals surface area contributed by atoms with Gasteiger partial charge in [-0.3, -0.25) is 0 Å². The van der Waals surface area contributed by atoms with E-state index in [9.17, 15) is 0 Å². The van der Waals surface area contributed by atoms with Gasteiger partial charge in [0, 0.05) is 29.3 Å². The van der Waals surface area contributed by atoms with Crippen molar-refractivity contribution >= 4 is 10.8 Å². The van der Waals surface area contributed by atoms with Crippen molar-refractivity contribution in [3.63, 3.8) is 0 Å². The minimum Gasteiger partial charge on any atom is -0.329 e. The smallest absolute Gasteiger partial charge is 0.0727 e. The molecule has 16 heavy (non-hydrogen) atoms. The van der Waals surface area contributed by atoms with Crippen molar-refractivity contribution in [2.75, 3.05) is 6.54 Å². The van der Waals surface area contributed by atoms with Crippen LogP contribution in [0.5, 0.6) is 0 Å². The van der Waals surface area contributed by atoms with E-state index < -0.39 is 5.54 Å². The van der Waals surface area contributed by atoms with Gasteiger partial charge in [0.15, 0.2) is 0 Å². The summed E-state index contributed by atoms with van der Waals surface area (Å²) in [5, 5.41) is 10.3. The molecule has 1 heterocycles. The summed E-state index contributed by atoms with van der Waals surface area (Å²) in [6.07, 6.45) is 2.40. The molecule has 0 radical (unpaired) electrons. The van der Waals surface area contributed by atoms with E-state index in [0.29, 0.717) is 13.0 Å². The SMILES string of the molecule is CC(N)(CN)Cc1nncc2ccccc12. The Labute approximate surface area is 94.7 Å². The van der Waals surface area contributed by atoms with Crippen molar-refractivity contribution in [2.45, 2.75) is 18.9 Å². The Hall–Kier alpha value is -1.52. The molecule has 0 aliphatic heterocycles. The number of rotatable bonds is 3. The van der Waals surface area contributed by atoms with E-state index in [1.807, 2.05) is 31.2 Å². The molecule has 1 atom stereocenters. The molecule has 0 bridgehead atoms. The summed E-state index contributed by atoms with van der Waals surface area (Å²) >= 11 is 0. The van der Waals surface area contributed by atoms with Gasteiger partial charge in [-0.15, -0.1) is 0 Å². The summed E-state index contributed by atoms with van der Waals surface area (Å²) < 4.78 is 0. The monoisotopic (exact) mass is 216 g/mol. The molecule has 4 nitrogen and oxygen atoms in total. The number of fused-ring (bicyclic) bond motifs is 1. The van der Waals surface area contributed by atoms with E-state index >= 15 is 0 Å². The fourth-order valence-corrected chi connectivity index (χ4v) is 1.67. The third-order valence-corrected chi connectivity index (χ3v) is 2.68. The molecule has 2 aromatic rings. The molecule has 1 aromatic carbocycles. The first-order chi connectivity index (χ1) is 7.62. The van der Waals surface area contributed by atoms with Crippen LogP contribution in [0.15, 0.2) is 30.5 Å². The third kappa shape index (κ3) is 2.18. The molecular weight excluding hydrogens is 200 g/mol. The summed E-state index contributed by atoms with van der Waals surface area (Å²) in [4.78, 5) is 0. The van der Waals surface area contributed by atoms with E-state index in [2.05, 4.69) is 10.2 Å². The number of hydrogen-bond donors (Lipinski definition) is 2. The van der Waals surface area contributed by atoms with Crippen molar-refractivity contribution in [3.05, 3.63) is 36.2 Å². The van der Waals surface area contributed by atoms with Gasteiger partial charge < -0.3 is 11.5 Å². The van der Waals surface area contributed by atoms with Crippen LogP contribution in [0.1, 0.15) is 12.6 Å². The number of nitrogens with zero attached hydrogens (tertiary/aromatic N) is 2. The fraction of sp³-hybridized carbons (Fsp3) is 0.333. The first kappa shape index (κ1) is 11.0. The topological polar surface area (TPSA) is 77.8 Å². The maximum absolute atomic E-state index is 6.05. The van der Waals surface area contributed by atoms with Crippen molar-refractivity contribution in [1.82, 2.24) is 10.2 Å². The van der Waals surface area contributed by atoms with Crippen molar-refractivity contribution in [3.8, 4) is 0 Å². The number of nitrogens with two attached hydrogens (primary N) is 2. The summed E-state index contributed by atoms with van der Waals surface area (Å²) in [5.41, 5.74) is 12.2. The standard InChI is InChI=1S/C12H16N4/c1-12(14,8-13)6-11-10-5-3-2-4-9(10)7-15-16-11/h2-5,7H,6,8,13-14H2,1H3. The second-order valence-electron chi connectivity index (χ2n) is 4.41. The summed E-state index contributed by atoms with van der Waals surface area (Å²) in [7, 11) is 0. The summed E-state index contributed by atoms with van der Waals surface area (Å²) in [6.45, 7) is 2.36. The highest BCUT2D eigenvalue weighted by molar-refractivity contribution is 5.83. The maximum Gasteiger partial charge on any atom is 0.0727 e. The quantitative estimate of drug-likeness (QED) is 0.797. The molecule has 0 saturated carbocycles. The zero-order valence-electron chi connectivity index (χ0n) is 9.35. The number of aromatic nitrogens is 2. The Morgan fingerprint density at radius 3 is 2.81 bits per heavy atom. The molecule has 84 valence electrons. The van der Waals surface area contributed by atoms with E-state index in [0.717, 1.165) is 16.5 Å². The van der Waals surface area contributed by atoms with E-state index in [-0.39, 0.29) is 0 Å². The molecule has 2 rings (SSSR count). The van der Waals surface area contributed by atoms with Crippen LogP contribution >= 0.6 is 0 Å². The molecule has 0 amide bonds. The number of hydrogen-bond acceptors (Lipinski definition) is 4. The molecule has 0 fully saturated rings. The van der Waals surface area contributed by atoms with Crippen LogP contribution in [0.2, 0.25) is 0 Å². The van der Waals surface area contributed by atoms with Crippen molar-refractivity contribution in [2.24, 2.45) is 11.5 Å². The molecular formula is C12H16N4. The number of benzene rings is 1. The fourth-order valence-electron chi connectivity index (χ4n) is 1.67. The van der Waals surface area contributed by atoms with Crippen LogP contribution < -0.4 is 11.5 Å². The minimum atomic E-state index is -0.432. The van der Waals surface area contributed by atoms with Crippen LogP contribution in [-0.2, 0) is 6.42 Å². The van der Waals surface area contributed by atoms with Crippen LogP contribution in [0.4, 0.5) is 0 Å². The summed E-state index contributed by atoms with van der Waals surface area (Å²) in [6, 6.07) is 8.03. The van der Waals surface area contributed by atoms with Crippen molar-refractivity contribution < 1.29 is 0 Å². The van der Waals surface area contributed by atoms with Gasteiger partial charge in [0.1, 0.15) is 0 Å². The first-order valence-electron chi connectivity index (χ1n) is 5.31. The van der Waals surface area contributed by atoms with Gasteiger partial charge in [0.2, 0.25) is 0 Å². The van der Waals surface area contributed by atoms with Gasteiger partial charge >= 0.3 is 0 Å². The van der Waals surface area contributed by atoms with E-state index in [1.165, 1.54) is 0 Å². The highest BCUT2D eigenvalue weighted by atomic mass is 15.1.